The molecule has 1 amide bonds. The van der Waals surface area contributed by atoms with Crippen LogP contribution in [0.2, 0.25) is 5.02 Å². The summed E-state index contributed by atoms with van der Waals surface area (Å²) in [6, 6.07) is 7.12. The van der Waals surface area contributed by atoms with E-state index in [-0.39, 0.29) is 11.9 Å². The van der Waals surface area contributed by atoms with Gasteiger partial charge in [-0.1, -0.05) is 11.6 Å². The second kappa shape index (κ2) is 6.79. The third-order valence-electron chi connectivity index (χ3n) is 3.73. The van der Waals surface area contributed by atoms with Crippen LogP contribution in [-0.2, 0) is 0 Å². The summed E-state index contributed by atoms with van der Waals surface area (Å²) in [4.78, 5) is 16.4. The fourth-order valence-corrected chi connectivity index (χ4v) is 2.57. The van der Waals surface area contributed by atoms with Crippen LogP contribution >= 0.6 is 11.6 Å². The van der Waals surface area contributed by atoms with Crippen molar-refractivity contribution in [1.29, 1.82) is 5.26 Å². The van der Waals surface area contributed by atoms with E-state index in [9.17, 15) is 4.79 Å². The number of methoxy groups -OCH3 is 1. The molecule has 6 heteroatoms. The number of carbonyl (C=O) groups is 1. The van der Waals surface area contributed by atoms with E-state index in [1.165, 1.54) is 7.11 Å². The number of benzene rings is 1. The van der Waals surface area contributed by atoms with Crippen LogP contribution in [0.1, 0.15) is 17.3 Å². The van der Waals surface area contributed by atoms with Crippen molar-refractivity contribution >= 4 is 17.5 Å². The predicted octanol–water partition coefficient (Wildman–Crippen LogP) is 2.02. The van der Waals surface area contributed by atoms with Crippen LogP contribution in [0.4, 0.5) is 0 Å². The van der Waals surface area contributed by atoms with E-state index in [1.54, 1.807) is 23.1 Å². The molecular weight excluding hydrogens is 290 g/mol. The molecule has 0 spiro atoms. The molecule has 0 aliphatic carbocycles. The summed E-state index contributed by atoms with van der Waals surface area (Å²) in [5, 5.41) is 9.47. The molecule has 5 nitrogen and oxygen atoms in total. The standard InChI is InChI=1S/C15H18ClN3O2/c1-11(10-17)18-5-7-19(8-6-18)15(20)13-4-3-12(16)9-14(13)21-2/h3-4,9,11H,5-8H2,1-2H3. The van der Waals surface area contributed by atoms with Crippen molar-refractivity contribution in [2.75, 3.05) is 33.3 Å². The zero-order valence-electron chi connectivity index (χ0n) is 12.2. The van der Waals surface area contributed by atoms with Crippen molar-refractivity contribution in [1.82, 2.24) is 9.80 Å². The van der Waals surface area contributed by atoms with Crippen LogP contribution < -0.4 is 4.74 Å². The Morgan fingerprint density at radius 1 is 1.38 bits per heavy atom. The van der Waals surface area contributed by atoms with Gasteiger partial charge in [0.1, 0.15) is 5.75 Å². The monoisotopic (exact) mass is 307 g/mol. The Bertz CT molecular complexity index is 563. The Labute approximate surface area is 129 Å². The van der Waals surface area contributed by atoms with Crippen molar-refractivity contribution in [2.45, 2.75) is 13.0 Å². The molecule has 1 aliphatic heterocycles. The van der Waals surface area contributed by atoms with Crippen molar-refractivity contribution in [2.24, 2.45) is 0 Å². The second-order valence-electron chi connectivity index (χ2n) is 4.98. The summed E-state index contributed by atoms with van der Waals surface area (Å²) in [6.07, 6.45) is 0. The zero-order chi connectivity index (χ0) is 15.4. The molecule has 1 unspecified atom stereocenters. The van der Waals surface area contributed by atoms with Crippen molar-refractivity contribution < 1.29 is 9.53 Å². The Kier molecular flexibility index (Phi) is 5.05. The summed E-state index contributed by atoms with van der Waals surface area (Å²) in [7, 11) is 1.52. The second-order valence-corrected chi connectivity index (χ2v) is 5.41. The SMILES string of the molecule is COc1cc(Cl)ccc1C(=O)N1CCN(C(C)C#N)CC1. The number of hydrogen-bond donors (Lipinski definition) is 0. The highest BCUT2D eigenvalue weighted by atomic mass is 35.5. The van der Waals surface area contributed by atoms with Crippen LogP contribution in [0, 0.1) is 11.3 Å². The average molecular weight is 308 g/mol. The highest BCUT2D eigenvalue weighted by Crippen LogP contribution is 2.25. The maximum absolute atomic E-state index is 12.6. The molecule has 1 saturated heterocycles. The Morgan fingerprint density at radius 3 is 2.62 bits per heavy atom. The molecule has 0 saturated carbocycles. The lowest BCUT2D eigenvalue weighted by Gasteiger charge is -2.36. The van der Waals surface area contributed by atoms with Gasteiger partial charge >= 0.3 is 0 Å². The van der Waals surface area contributed by atoms with Gasteiger partial charge in [-0.05, 0) is 25.1 Å². The minimum absolute atomic E-state index is 0.0622. The fraction of sp³-hybridized carbons (Fsp3) is 0.467. The van der Waals surface area contributed by atoms with E-state index in [4.69, 9.17) is 21.6 Å². The van der Waals surface area contributed by atoms with Crippen molar-refractivity contribution in [3.63, 3.8) is 0 Å². The topological polar surface area (TPSA) is 56.6 Å². The van der Waals surface area contributed by atoms with Gasteiger partial charge in [0.05, 0.1) is 24.8 Å². The van der Waals surface area contributed by atoms with Gasteiger partial charge < -0.3 is 9.64 Å². The molecule has 1 aromatic carbocycles. The van der Waals surface area contributed by atoms with Gasteiger partial charge in [0.25, 0.3) is 5.91 Å². The first kappa shape index (κ1) is 15.6. The van der Waals surface area contributed by atoms with Crippen molar-refractivity contribution in [3.8, 4) is 11.8 Å². The van der Waals surface area contributed by atoms with E-state index >= 15 is 0 Å². The third kappa shape index (κ3) is 3.46. The molecule has 112 valence electrons. The lowest BCUT2D eigenvalue weighted by atomic mass is 10.1. The van der Waals surface area contributed by atoms with Crippen LogP contribution in [0.25, 0.3) is 0 Å². The minimum Gasteiger partial charge on any atom is -0.496 e. The molecule has 1 atom stereocenters. The molecule has 1 fully saturated rings. The Hall–Kier alpha value is -1.77. The summed E-state index contributed by atoms with van der Waals surface area (Å²) in [5.74, 6) is 0.424. The first-order valence-corrected chi connectivity index (χ1v) is 7.21. The van der Waals surface area contributed by atoms with Gasteiger partial charge in [0.2, 0.25) is 0 Å². The highest BCUT2D eigenvalue weighted by molar-refractivity contribution is 6.30. The van der Waals surface area contributed by atoms with Gasteiger partial charge in [0, 0.05) is 31.2 Å². The normalized spacial score (nSPS) is 17.1. The highest BCUT2D eigenvalue weighted by Gasteiger charge is 2.26. The molecule has 1 aromatic rings. The quantitative estimate of drug-likeness (QED) is 0.857. The van der Waals surface area contributed by atoms with Crippen LogP contribution in [0.3, 0.4) is 0 Å². The lowest BCUT2D eigenvalue weighted by molar-refractivity contribution is 0.0612. The number of carbonyl (C=O) groups excluding carboxylic acids is 1. The summed E-state index contributed by atoms with van der Waals surface area (Å²) >= 11 is 5.91. The Morgan fingerprint density at radius 2 is 2.05 bits per heavy atom. The van der Waals surface area contributed by atoms with Gasteiger partial charge in [-0.2, -0.15) is 5.26 Å². The number of amides is 1. The summed E-state index contributed by atoms with van der Waals surface area (Å²) in [6.45, 7) is 4.50. The number of hydrogen-bond acceptors (Lipinski definition) is 4. The molecule has 1 heterocycles. The largest absolute Gasteiger partial charge is 0.496 e. The van der Waals surface area contributed by atoms with Crippen LogP contribution in [-0.4, -0.2) is 55.0 Å². The fourth-order valence-electron chi connectivity index (χ4n) is 2.41. The smallest absolute Gasteiger partial charge is 0.257 e. The number of nitrogens with zero attached hydrogens (tertiary/aromatic N) is 3. The van der Waals surface area contributed by atoms with E-state index in [0.717, 1.165) is 0 Å². The van der Waals surface area contributed by atoms with Gasteiger partial charge in [0.15, 0.2) is 0 Å². The number of rotatable bonds is 3. The Balaban J connectivity index is 2.07. The predicted molar refractivity (Wildman–Crippen MR) is 80.6 cm³/mol. The van der Waals surface area contributed by atoms with E-state index in [0.29, 0.717) is 42.5 Å². The molecule has 0 aromatic heterocycles. The third-order valence-corrected chi connectivity index (χ3v) is 3.97. The van der Waals surface area contributed by atoms with Crippen LogP contribution in [0.15, 0.2) is 18.2 Å². The molecular formula is C15H18ClN3O2. The van der Waals surface area contributed by atoms with E-state index < -0.39 is 0 Å². The van der Waals surface area contributed by atoms with E-state index in [2.05, 4.69) is 11.0 Å². The molecule has 0 N–H and O–H groups in total. The average Bonchev–Trinajstić information content (AvgIpc) is 2.53. The molecule has 2 rings (SSSR count). The summed E-state index contributed by atoms with van der Waals surface area (Å²) in [5.41, 5.74) is 0.517. The summed E-state index contributed by atoms with van der Waals surface area (Å²) < 4.78 is 5.23. The number of ether oxygens (including phenoxy) is 1. The number of halogens is 1. The van der Waals surface area contributed by atoms with Crippen LogP contribution in [0.5, 0.6) is 5.75 Å². The number of nitriles is 1. The maximum Gasteiger partial charge on any atom is 0.257 e. The first-order valence-electron chi connectivity index (χ1n) is 6.83. The maximum atomic E-state index is 12.6. The molecule has 21 heavy (non-hydrogen) atoms. The van der Waals surface area contributed by atoms with Gasteiger partial charge in [-0.25, -0.2) is 0 Å². The van der Waals surface area contributed by atoms with E-state index in [1.807, 2.05) is 6.92 Å². The van der Waals surface area contributed by atoms with Gasteiger partial charge in [-0.3, -0.25) is 9.69 Å². The zero-order valence-corrected chi connectivity index (χ0v) is 12.9. The number of piperazine rings is 1. The minimum atomic E-state index is -0.118. The van der Waals surface area contributed by atoms with Crippen molar-refractivity contribution in [3.05, 3.63) is 28.8 Å². The molecule has 1 aliphatic rings. The molecule has 0 radical (unpaired) electrons. The molecule has 0 bridgehead atoms. The first-order chi connectivity index (χ1) is 10.1. The van der Waals surface area contributed by atoms with Gasteiger partial charge in [-0.15, -0.1) is 0 Å². The lowest BCUT2D eigenvalue weighted by Crippen LogP contribution is -2.51.